The van der Waals surface area contributed by atoms with Crippen LogP contribution in [0.2, 0.25) is 0 Å². The van der Waals surface area contributed by atoms with Gasteiger partial charge in [0, 0.05) is 11.3 Å². The number of benzene rings is 4. The van der Waals surface area contributed by atoms with E-state index < -0.39 is 0 Å². The van der Waals surface area contributed by atoms with Crippen molar-refractivity contribution < 1.29 is 0 Å². The first-order chi connectivity index (χ1) is 12.9. The SMILES string of the molecule is C(#CC(Nc1ccccc1)c1ccccc1)c1cccc2ccccc12. The number of fused-ring (bicyclic) bond motifs is 1. The molecule has 1 nitrogen and oxygen atoms in total. The molecule has 0 saturated heterocycles. The Labute approximate surface area is 154 Å². The average Bonchev–Trinajstić information content (AvgIpc) is 2.72. The molecule has 0 amide bonds. The maximum Gasteiger partial charge on any atom is 0.114 e. The summed E-state index contributed by atoms with van der Waals surface area (Å²) in [7, 11) is 0. The van der Waals surface area contributed by atoms with Crippen molar-refractivity contribution in [1.82, 2.24) is 0 Å². The zero-order valence-electron chi connectivity index (χ0n) is 14.4. The minimum atomic E-state index is -0.0717. The van der Waals surface area contributed by atoms with Crippen LogP contribution in [-0.2, 0) is 0 Å². The standard InChI is InChI=1S/C25H19N/c1-3-11-22(12-4-1)25(26-23-15-5-2-6-16-23)19-18-21-14-9-13-20-10-7-8-17-24(20)21/h1-17,25-26H. The van der Waals surface area contributed by atoms with Gasteiger partial charge in [-0.25, -0.2) is 0 Å². The van der Waals surface area contributed by atoms with Crippen molar-refractivity contribution in [2.45, 2.75) is 6.04 Å². The molecule has 0 aromatic heterocycles. The van der Waals surface area contributed by atoms with Crippen LogP contribution < -0.4 is 5.32 Å². The quantitative estimate of drug-likeness (QED) is 0.450. The second kappa shape index (κ2) is 7.59. The van der Waals surface area contributed by atoms with Gasteiger partial charge in [-0.1, -0.05) is 96.8 Å². The molecule has 1 atom stereocenters. The highest BCUT2D eigenvalue weighted by atomic mass is 14.9. The van der Waals surface area contributed by atoms with Crippen LogP contribution >= 0.6 is 0 Å². The van der Waals surface area contributed by atoms with Crippen LogP contribution in [0.4, 0.5) is 5.69 Å². The summed E-state index contributed by atoms with van der Waals surface area (Å²) in [5.74, 6) is 6.83. The van der Waals surface area contributed by atoms with Gasteiger partial charge in [0.05, 0.1) is 0 Å². The number of rotatable bonds is 3. The summed E-state index contributed by atoms with van der Waals surface area (Å²) in [6, 6.07) is 35.1. The van der Waals surface area contributed by atoms with Gasteiger partial charge in [0.2, 0.25) is 0 Å². The molecule has 26 heavy (non-hydrogen) atoms. The van der Waals surface area contributed by atoms with Gasteiger partial charge in [-0.05, 0) is 34.5 Å². The van der Waals surface area contributed by atoms with Gasteiger partial charge in [0.25, 0.3) is 0 Å². The molecule has 0 aliphatic rings. The molecule has 0 aliphatic carbocycles. The normalized spacial score (nSPS) is 11.4. The fourth-order valence-electron chi connectivity index (χ4n) is 3.03. The number of nitrogens with one attached hydrogen (secondary N) is 1. The highest BCUT2D eigenvalue weighted by Crippen LogP contribution is 2.21. The van der Waals surface area contributed by atoms with E-state index in [9.17, 15) is 0 Å². The Balaban J connectivity index is 1.72. The van der Waals surface area contributed by atoms with Crippen LogP contribution in [0.15, 0.2) is 103 Å². The van der Waals surface area contributed by atoms with E-state index >= 15 is 0 Å². The second-order valence-electron chi connectivity index (χ2n) is 6.15. The molecule has 0 bridgehead atoms. The molecule has 0 aliphatic heterocycles. The topological polar surface area (TPSA) is 12.0 Å². The molecule has 1 N–H and O–H groups in total. The molecule has 0 saturated carbocycles. The first-order valence-corrected chi connectivity index (χ1v) is 8.76. The molecule has 4 aromatic carbocycles. The van der Waals surface area contributed by atoms with E-state index in [1.165, 1.54) is 10.8 Å². The van der Waals surface area contributed by atoms with E-state index in [4.69, 9.17) is 0 Å². The summed E-state index contributed by atoms with van der Waals surface area (Å²) in [6.45, 7) is 0. The summed E-state index contributed by atoms with van der Waals surface area (Å²) >= 11 is 0. The molecule has 4 aromatic rings. The highest BCUT2D eigenvalue weighted by molar-refractivity contribution is 5.88. The number of para-hydroxylation sites is 1. The first-order valence-electron chi connectivity index (χ1n) is 8.76. The summed E-state index contributed by atoms with van der Waals surface area (Å²) < 4.78 is 0. The van der Waals surface area contributed by atoms with Crippen molar-refractivity contribution in [3.8, 4) is 11.8 Å². The predicted octanol–water partition coefficient (Wildman–Crippen LogP) is 6.04. The van der Waals surface area contributed by atoms with Crippen molar-refractivity contribution >= 4 is 16.5 Å². The predicted molar refractivity (Wildman–Crippen MR) is 110 cm³/mol. The van der Waals surface area contributed by atoms with Gasteiger partial charge in [-0.3, -0.25) is 0 Å². The third kappa shape index (κ3) is 3.61. The third-order valence-electron chi connectivity index (χ3n) is 4.36. The lowest BCUT2D eigenvalue weighted by molar-refractivity contribution is 1.02. The van der Waals surface area contributed by atoms with Crippen molar-refractivity contribution in [1.29, 1.82) is 0 Å². The van der Waals surface area contributed by atoms with Gasteiger partial charge in [-0.15, -0.1) is 0 Å². The van der Waals surface area contributed by atoms with Crippen LogP contribution in [0.5, 0.6) is 0 Å². The van der Waals surface area contributed by atoms with E-state index in [0.717, 1.165) is 16.8 Å². The van der Waals surface area contributed by atoms with E-state index in [-0.39, 0.29) is 6.04 Å². The summed E-state index contributed by atoms with van der Waals surface area (Å²) in [5.41, 5.74) is 3.27. The highest BCUT2D eigenvalue weighted by Gasteiger charge is 2.07. The molecule has 0 fully saturated rings. The maximum atomic E-state index is 3.54. The number of hydrogen-bond acceptors (Lipinski definition) is 1. The van der Waals surface area contributed by atoms with Crippen LogP contribution in [0, 0.1) is 11.8 Å². The Morgan fingerprint density at radius 3 is 2.08 bits per heavy atom. The van der Waals surface area contributed by atoms with Crippen molar-refractivity contribution in [3.05, 3.63) is 114 Å². The van der Waals surface area contributed by atoms with Crippen molar-refractivity contribution in [2.24, 2.45) is 0 Å². The Morgan fingerprint density at radius 1 is 0.615 bits per heavy atom. The molecule has 124 valence electrons. The largest absolute Gasteiger partial charge is 0.368 e. The van der Waals surface area contributed by atoms with Crippen LogP contribution in [0.25, 0.3) is 10.8 Å². The Bertz CT molecular complexity index is 1050. The zero-order chi connectivity index (χ0) is 17.6. The van der Waals surface area contributed by atoms with Crippen LogP contribution in [0.1, 0.15) is 17.2 Å². The van der Waals surface area contributed by atoms with Gasteiger partial charge >= 0.3 is 0 Å². The van der Waals surface area contributed by atoms with E-state index in [0.29, 0.717) is 0 Å². The van der Waals surface area contributed by atoms with E-state index in [1.807, 2.05) is 24.3 Å². The molecular weight excluding hydrogens is 314 g/mol. The Morgan fingerprint density at radius 2 is 1.27 bits per heavy atom. The molecule has 0 radical (unpaired) electrons. The lowest BCUT2D eigenvalue weighted by atomic mass is 10.0. The zero-order valence-corrected chi connectivity index (χ0v) is 14.4. The third-order valence-corrected chi connectivity index (χ3v) is 4.36. The molecule has 0 heterocycles. The smallest absolute Gasteiger partial charge is 0.114 e. The average molecular weight is 333 g/mol. The monoisotopic (exact) mass is 333 g/mol. The van der Waals surface area contributed by atoms with Gasteiger partial charge in [0.1, 0.15) is 6.04 Å². The summed E-state index contributed by atoms with van der Waals surface area (Å²) in [5, 5.41) is 5.94. The lowest BCUT2D eigenvalue weighted by Crippen LogP contribution is -2.08. The fourth-order valence-corrected chi connectivity index (χ4v) is 3.03. The van der Waals surface area contributed by atoms with Crippen LogP contribution in [0.3, 0.4) is 0 Å². The Hall–Kier alpha value is -3.50. The minimum absolute atomic E-state index is 0.0717. The summed E-state index contributed by atoms with van der Waals surface area (Å²) in [6.07, 6.45) is 0. The second-order valence-corrected chi connectivity index (χ2v) is 6.15. The van der Waals surface area contributed by atoms with Gasteiger partial charge in [0.15, 0.2) is 0 Å². The van der Waals surface area contributed by atoms with Crippen LogP contribution in [-0.4, -0.2) is 0 Å². The minimum Gasteiger partial charge on any atom is -0.368 e. The van der Waals surface area contributed by atoms with Crippen molar-refractivity contribution in [2.75, 3.05) is 5.32 Å². The van der Waals surface area contributed by atoms with E-state index in [2.05, 4.69) is 96.0 Å². The van der Waals surface area contributed by atoms with Crippen molar-refractivity contribution in [3.63, 3.8) is 0 Å². The molecule has 1 heteroatoms. The molecular formula is C25H19N. The fraction of sp³-hybridized carbons (Fsp3) is 0.0400. The van der Waals surface area contributed by atoms with E-state index in [1.54, 1.807) is 0 Å². The number of anilines is 1. The first kappa shape index (κ1) is 16.0. The maximum absolute atomic E-state index is 3.54. The molecule has 4 rings (SSSR count). The molecule has 0 spiro atoms. The molecule has 1 unspecified atom stereocenters. The van der Waals surface area contributed by atoms with Gasteiger partial charge in [-0.2, -0.15) is 0 Å². The lowest BCUT2D eigenvalue weighted by Gasteiger charge is -2.15. The number of hydrogen-bond donors (Lipinski definition) is 1. The Kier molecular flexibility index (Phi) is 4.67. The van der Waals surface area contributed by atoms with Gasteiger partial charge < -0.3 is 5.32 Å². The summed E-state index contributed by atoms with van der Waals surface area (Å²) in [4.78, 5) is 0.